The van der Waals surface area contributed by atoms with Crippen molar-refractivity contribution in [2.45, 2.75) is 40.2 Å². The lowest BCUT2D eigenvalue weighted by atomic mass is 10.1. The summed E-state index contributed by atoms with van der Waals surface area (Å²) in [6.45, 7) is 7.45. The van der Waals surface area contributed by atoms with Crippen LogP contribution in [0, 0.1) is 12.8 Å². The van der Waals surface area contributed by atoms with Crippen molar-refractivity contribution in [2.24, 2.45) is 5.92 Å². The minimum atomic E-state index is -0.289. The largest absolute Gasteiger partial charge is 0.394 e. The van der Waals surface area contributed by atoms with Crippen molar-refractivity contribution in [1.82, 2.24) is 5.32 Å². The Morgan fingerprint density at radius 2 is 1.90 bits per heavy atom. The van der Waals surface area contributed by atoms with Crippen molar-refractivity contribution in [3.63, 3.8) is 0 Å². The molecule has 1 rings (SSSR count). The predicted molar refractivity (Wildman–Crippen MR) is 83.3 cm³/mol. The van der Waals surface area contributed by atoms with Crippen LogP contribution in [0.3, 0.4) is 0 Å². The van der Waals surface area contributed by atoms with Gasteiger partial charge in [0, 0.05) is 23.7 Å². The number of carbonyl (C=O) groups excluding carboxylic acids is 2. The Bertz CT molecular complexity index is 512. The van der Waals surface area contributed by atoms with Gasteiger partial charge in [-0.2, -0.15) is 0 Å². The van der Waals surface area contributed by atoms with Crippen molar-refractivity contribution >= 4 is 17.5 Å². The normalized spacial score (nSPS) is 12.1. The van der Waals surface area contributed by atoms with Gasteiger partial charge in [0.2, 0.25) is 5.91 Å². The summed E-state index contributed by atoms with van der Waals surface area (Å²) in [6, 6.07) is 4.83. The molecule has 0 aromatic heterocycles. The van der Waals surface area contributed by atoms with E-state index in [2.05, 4.69) is 10.6 Å². The summed E-state index contributed by atoms with van der Waals surface area (Å²) in [6.07, 6.45) is 0.468. The van der Waals surface area contributed by atoms with Gasteiger partial charge in [-0.3, -0.25) is 9.59 Å². The number of aryl methyl sites for hydroxylation is 1. The molecule has 0 aliphatic heterocycles. The standard InChI is InChI=1S/C16H24N2O3/c1-10(2)7-15(20)18-14-6-5-13(8-11(14)3)16(21)17-12(4)9-19/h5-6,8,10,12,19H,7,9H2,1-4H3,(H,17,21)(H,18,20). The Morgan fingerprint density at radius 1 is 1.24 bits per heavy atom. The molecular weight excluding hydrogens is 268 g/mol. The lowest BCUT2D eigenvalue weighted by Crippen LogP contribution is -2.35. The number of benzene rings is 1. The first-order valence-corrected chi connectivity index (χ1v) is 7.15. The summed E-state index contributed by atoms with van der Waals surface area (Å²) in [7, 11) is 0. The molecule has 1 unspecified atom stereocenters. The fraction of sp³-hybridized carbons (Fsp3) is 0.500. The molecule has 0 spiro atoms. The summed E-state index contributed by atoms with van der Waals surface area (Å²) in [5, 5.41) is 14.5. The first kappa shape index (κ1) is 17.2. The second-order valence-corrected chi connectivity index (χ2v) is 5.73. The van der Waals surface area contributed by atoms with Gasteiger partial charge in [0.05, 0.1) is 6.61 Å². The maximum Gasteiger partial charge on any atom is 0.251 e. The molecule has 1 atom stereocenters. The fourth-order valence-electron chi connectivity index (χ4n) is 1.87. The molecule has 0 bridgehead atoms. The van der Waals surface area contributed by atoms with Crippen LogP contribution in [0.5, 0.6) is 0 Å². The van der Waals surface area contributed by atoms with Crippen LogP contribution in [0.25, 0.3) is 0 Å². The van der Waals surface area contributed by atoms with Crippen LogP contribution in [0.1, 0.15) is 43.1 Å². The molecule has 21 heavy (non-hydrogen) atoms. The van der Waals surface area contributed by atoms with Crippen LogP contribution in [0.2, 0.25) is 0 Å². The van der Waals surface area contributed by atoms with Crippen LogP contribution in [0.4, 0.5) is 5.69 Å². The molecule has 3 N–H and O–H groups in total. The van der Waals surface area contributed by atoms with E-state index in [1.165, 1.54) is 0 Å². The lowest BCUT2D eigenvalue weighted by Gasteiger charge is -2.13. The van der Waals surface area contributed by atoms with Crippen LogP contribution in [-0.2, 0) is 4.79 Å². The topological polar surface area (TPSA) is 78.4 Å². The molecule has 0 radical (unpaired) electrons. The molecule has 116 valence electrons. The zero-order valence-electron chi connectivity index (χ0n) is 13.1. The van der Waals surface area contributed by atoms with Gasteiger partial charge < -0.3 is 15.7 Å². The molecule has 0 heterocycles. The van der Waals surface area contributed by atoms with Gasteiger partial charge in [-0.05, 0) is 43.5 Å². The third-order valence-electron chi connectivity index (χ3n) is 3.01. The highest BCUT2D eigenvalue weighted by Crippen LogP contribution is 2.17. The van der Waals surface area contributed by atoms with E-state index in [4.69, 9.17) is 5.11 Å². The van der Waals surface area contributed by atoms with E-state index in [1.54, 1.807) is 25.1 Å². The van der Waals surface area contributed by atoms with Crippen molar-refractivity contribution in [2.75, 3.05) is 11.9 Å². The highest BCUT2D eigenvalue weighted by molar-refractivity contribution is 5.96. The molecule has 1 aromatic rings. The van der Waals surface area contributed by atoms with E-state index in [0.29, 0.717) is 23.6 Å². The van der Waals surface area contributed by atoms with Gasteiger partial charge in [0.25, 0.3) is 5.91 Å². The van der Waals surface area contributed by atoms with Gasteiger partial charge in [-0.15, -0.1) is 0 Å². The number of amides is 2. The first-order valence-electron chi connectivity index (χ1n) is 7.15. The number of rotatable bonds is 6. The van der Waals surface area contributed by atoms with Crippen LogP contribution >= 0.6 is 0 Å². The Kier molecular flexibility index (Phi) is 6.37. The van der Waals surface area contributed by atoms with Gasteiger partial charge in [-0.25, -0.2) is 0 Å². The summed E-state index contributed by atoms with van der Waals surface area (Å²) in [5.41, 5.74) is 2.05. The highest BCUT2D eigenvalue weighted by Gasteiger charge is 2.12. The Balaban J connectivity index is 2.76. The second-order valence-electron chi connectivity index (χ2n) is 5.73. The monoisotopic (exact) mass is 292 g/mol. The predicted octanol–water partition coefficient (Wildman–Crippen LogP) is 2.09. The zero-order chi connectivity index (χ0) is 16.0. The summed E-state index contributed by atoms with van der Waals surface area (Å²) in [5.74, 6) is 0.0363. The van der Waals surface area contributed by atoms with Crippen molar-refractivity contribution < 1.29 is 14.7 Å². The number of hydrogen-bond acceptors (Lipinski definition) is 3. The van der Waals surface area contributed by atoms with E-state index >= 15 is 0 Å². The van der Waals surface area contributed by atoms with Gasteiger partial charge in [-0.1, -0.05) is 13.8 Å². The fourth-order valence-corrected chi connectivity index (χ4v) is 1.87. The minimum absolute atomic E-state index is 0.0285. The second kappa shape index (κ2) is 7.78. The number of nitrogens with one attached hydrogen (secondary N) is 2. The lowest BCUT2D eigenvalue weighted by molar-refractivity contribution is -0.116. The van der Waals surface area contributed by atoms with E-state index in [-0.39, 0.29) is 24.5 Å². The number of carbonyl (C=O) groups is 2. The van der Waals surface area contributed by atoms with E-state index in [0.717, 1.165) is 5.56 Å². The maximum absolute atomic E-state index is 11.9. The molecule has 5 nitrogen and oxygen atoms in total. The molecule has 0 fully saturated rings. The molecule has 0 saturated heterocycles. The summed E-state index contributed by atoms with van der Waals surface area (Å²) < 4.78 is 0. The minimum Gasteiger partial charge on any atom is -0.394 e. The van der Waals surface area contributed by atoms with Crippen LogP contribution < -0.4 is 10.6 Å². The maximum atomic E-state index is 11.9. The molecule has 1 aromatic carbocycles. The smallest absolute Gasteiger partial charge is 0.251 e. The van der Waals surface area contributed by atoms with Gasteiger partial charge in [0.1, 0.15) is 0 Å². The number of hydrogen-bond donors (Lipinski definition) is 3. The van der Waals surface area contributed by atoms with Gasteiger partial charge in [0.15, 0.2) is 0 Å². The Hall–Kier alpha value is -1.88. The van der Waals surface area contributed by atoms with Crippen LogP contribution in [0.15, 0.2) is 18.2 Å². The Morgan fingerprint density at radius 3 is 2.43 bits per heavy atom. The summed E-state index contributed by atoms with van der Waals surface area (Å²) >= 11 is 0. The third-order valence-corrected chi connectivity index (χ3v) is 3.01. The molecular formula is C16H24N2O3. The van der Waals surface area contributed by atoms with Gasteiger partial charge >= 0.3 is 0 Å². The molecule has 0 aliphatic carbocycles. The number of anilines is 1. The number of aliphatic hydroxyl groups is 1. The van der Waals surface area contributed by atoms with Crippen molar-refractivity contribution in [3.05, 3.63) is 29.3 Å². The van der Waals surface area contributed by atoms with E-state index in [9.17, 15) is 9.59 Å². The van der Waals surface area contributed by atoms with E-state index < -0.39 is 0 Å². The zero-order valence-corrected chi connectivity index (χ0v) is 13.1. The first-order chi connectivity index (χ1) is 9.83. The molecule has 0 saturated carbocycles. The SMILES string of the molecule is Cc1cc(C(=O)NC(C)CO)ccc1NC(=O)CC(C)C. The third kappa shape index (κ3) is 5.55. The molecule has 2 amide bonds. The molecule has 0 aliphatic rings. The van der Waals surface area contributed by atoms with Crippen molar-refractivity contribution in [3.8, 4) is 0 Å². The van der Waals surface area contributed by atoms with E-state index in [1.807, 2.05) is 20.8 Å². The summed E-state index contributed by atoms with van der Waals surface area (Å²) in [4.78, 5) is 23.7. The number of aliphatic hydroxyl groups excluding tert-OH is 1. The van der Waals surface area contributed by atoms with Crippen molar-refractivity contribution in [1.29, 1.82) is 0 Å². The highest BCUT2D eigenvalue weighted by atomic mass is 16.3. The quantitative estimate of drug-likeness (QED) is 0.751. The average molecular weight is 292 g/mol. The van der Waals surface area contributed by atoms with Crippen LogP contribution in [-0.4, -0.2) is 29.6 Å². The average Bonchev–Trinajstić information content (AvgIpc) is 2.39. The Labute approximate surface area is 125 Å². The molecule has 5 heteroatoms.